The molecule has 10 heteroatoms. The Bertz CT molecular complexity index is 1560. The Kier molecular flexibility index (Phi) is 9.75. The third-order valence-electron chi connectivity index (χ3n) is 6.76. The molecular weight excluding hydrogens is 568 g/mol. The van der Waals surface area contributed by atoms with Gasteiger partial charge in [0.2, 0.25) is 0 Å². The van der Waals surface area contributed by atoms with E-state index < -0.39 is 61.2 Å². The predicted molar refractivity (Wildman–Crippen MR) is 155 cm³/mol. The van der Waals surface area contributed by atoms with Crippen molar-refractivity contribution in [3.63, 3.8) is 0 Å². The second-order valence-corrected chi connectivity index (χ2v) is 9.74. The van der Waals surface area contributed by atoms with E-state index in [4.69, 9.17) is 23.7 Å². The molecule has 1 aliphatic heterocycles. The Hall–Kier alpha value is -5.32. The van der Waals surface area contributed by atoms with Crippen LogP contribution in [-0.4, -0.2) is 66.3 Å². The molecule has 0 saturated carbocycles. The van der Waals surface area contributed by atoms with Gasteiger partial charge in [0.25, 0.3) is 0 Å². The number of ether oxygens (including phenoxy) is 5. The Morgan fingerprint density at radius 1 is 0.500 bits per heavy atom. The van der Waals surface area contributed by atoms with Crippen LogP contribution in [0.15, 0.2) is 121 Å². The number of esters is 4. The highest BCUT2D eigenvalue weighted by Crippen LogP contribution is 2.30. The number of carbonyl (C=O) groups is 4. The van der Waals surface area contributed by atoms with Gasteiger partial charge in [0.05, 0.1) is 22.3 Å². The first kappa shape index (κ1) is 30.1. The molecule has 4 aromatic rings. The maximum absolute atomic E-state index is 13.3. The summed E-state index contributed by atoms with van der Waals surface area (Å²) in [5.74, 6) is -3.21. The monoisotopic (exact) mass is 596 g/mol. The minimum Gasteiger partial charge on any atom is -0.459 e. The van der Waals surface area contributed by atoms with Crippen molar-refractivity contribution in [1.29, 1.82) is 0 Å². The molecule has 0 amide bonds. The average Bonchev–Trinajstić information content (AvgIpc) is 3.07. The van der Waals surface area contributed by atoms with E-state index in [0.717, 1.165) is 0 Å². The van der Waals surface area contributed by atoms with Gasteiger partial charge in [-0.3, -0.25) is 0 Å². The van der Waals surface area contributed by atoms with Crippen molar-refractivity contribution in [3.05, 3.63) is 144 Å². The second-order valence-electron chi connectivity index (χ2n) is 9.74. The van der Waals surface area contributed by atoms with Crippen LogP contribution in [0.5, 0.6) is 0 Å². The van der Waals surface area contributed by atoms with Gasteiger partial charge in [-0.05, 0) is 48.5 Å². The summed E-state index contributed by atoms with van der Waals surface area (Å²) in [6.45, 7) is -0.504. The standard InChI is InChI=1S/C34H28O10/c35-30(22-13-5-1-6-14-22)40-21-26-27(42-31(36)23-15-7-2-8-16-23)28(43-32(37)24-17-9-3-10-18-24)29(34(39)41-26)44-33(38)25-19-11-4-12-20-25/h1-20,26-29,34,39H,21H2/t26-,27-,28+,29-,34-/m0/s1. The lowest BCUT2D eigenvalue weighted by Crippen LogP contribution is -2.62. The number of hydrogen-bond acceptors (Lipinski definition) is 10. The Balaban J connectivity index is 1.48. The fourth-order valence-corrected chi connectivity index (χ4v) is 4.54. The van der Waals surface area contributed by atoms with Gasteiger partial charge >= 0.3 is 23.9 Å². The highest BCUT2D eigenvalue weighted by Gasteiger charge is 2.52. The normalized spacial score (nSPS) is 21.0. The smallest absolute Gasteiger partial charge is 0.338 e. The number of benzene rings is 4. The summed E-state index contributed by atoms with van der Waals surface area (Å²) >= 11 is 0. The van der Waals surface area contributed by atoms with Crippen LogP contribution in [0.3, 0.4) is 0 Å². The minimum absolute atomic E-state index is 0.154. The molecule has 5 atom stereocenters. The molecule has 1 fully saturated rings. The largest absolute Gasteiger partial charge is 0.459 e. The predicted octanol–water partition coefficient (Wildman–Crippen LogP) is 4.24. The zero-order valence-electron chi connectivity index (χ0n) is 23.3. The van der Waals surface area contributed by atoms with Gasteiger partial charge in [0.1, 0.15) is 12.7 Å². The number of rotatable bonds is 9. The fourth-order valence-electron chi connectivity index (χ4n) is 4.54. The van der Waals surface area contributed by atoms with Crippen LogP contribution >= 0.6 is 0 Å². The Morgan fingerprint density at radius 2 is 0.841 bits per heavy atom. The van der Waals surface area contributed by atoms with E-state index >= 15 is 0 Å². The van der Waals surface area contributed by atoms with Crippen LogP contribution in [0.1, 0.15) is 41.4 Å². The van der Waals surface area contributed by atoms with Gasteiger partial charge in [-0.2, -0.15) is 0 Å². The van der Waals surface area contributed by atoms with Crippen LogP contribution in [0.25, 0.3) is 0 Å². The lowest BCUT2D eigenvalue weighted by atomic mass is 9.97. The summed E-state index contributed by atoms with van der Waals surface area (Å²) in [6, 6.07) is 32.1. The third kappa shape index (κ3) is 7.35. The lowest BCUT2D eigenvalue weighted by Gasteiger charge is -2.42. The third-order valence-corrected chi connectivity index (χ3v) is 6.76. The van der Waals surface area contributed by atoms with Crippen LogP contribution in [0, 0.1) is 0 Å². The van der Waals surface area contributed by atoms with E-state index in [-0.39, 0.29) is 22.3 Å². The Morgan fingerprint density at radius 3 is 1.25 bits per heavy atom. The summed E-state index contributed by atoms with van der Waals surface area (Å²) in [5.41, 5.74) is 0.736. The fraction of sp³-hybridized carbons (Fsp3) is 0.176. The van der Waals surface area contributed by atoms with E-state index in [9.17, 15) is 24.3 Å². The van der Waals surface area contributed by atoms with Crippen molar-refractivity contribution in [1.82, 2.24) is 0 Å². The highest BCUT2D eigenvalue weighted by molar-refractivity contribution is 5.91. The van der Waals surface area contributed by atoms with Crippen LogP contribution < -0.4 is 0 Å². The minimum atomic E-state index is -1.86. The molecule has 44 heavy (non-hydrogen) atoms. The van der Waals surface area contributed by atoms with Crippen molar-refractivity contribution in [2.24, 2.45) is 0 Å². The Labute approximate surface area is 252 Å². The molecular formula is C34H28O10. The molecule has 1 aliphatic rings. The first-order valence-electron chi connectivity index (χ1n) is 13.7. The van der Waals surface area contributed by atoms with Crippen LogP contribution in [-0.2, 0) is 23.7 Å². The van der Waals surface area contributed by atoms with Crippen LogP contribution in [0.4, 0.5) is 0 Å². The summed E-state index contributed by atoms with van der Waals surface area (Å²) < 4.78 is 28.4. The molecule has 1 heterocycles. The van der Waals surface area contributed by atoms with E-state index in [1.165, 1.54) is 36.4 Å². The quantitative estimate of drug-likeness (QED) is 0.221. The topological polar surface area (TPSA) is 135 Å². The highest BCUT2D eigenvalue weighted by atomic mass is 16.7. The number of hydrogen-bond donors (Lipinski definition) is 1. The first-order chi connectivity index (χ1) is 21.4. The van der Waals surface area contributed by atoms with Crippen molar-refractivity contribution in [3.8, 4) is 0 Å². The van der Waals surface area contributed by atoms with Crippen molar-refractivity contribution in [2.75, 3.05) is 6.61 Å². The molecule has 224 valence electrons. The van der Waals surface area contributed by atoms with E-state index in [0.29, 0.717) is 0 Å². The van der Waals surface area contributed by atoms with Crippen LogP contribution in [0.2, 0.25) is 0 Å². The maximum atomic E-state index is 13.3. The van der Waals surface area contributed by atoms with Gasteiger partial charge in [-0.25, -0.2) is 19.2 Å². The van der Waals surface area contributed by atoms with Crippen molar-refractivity contribution >= 4 is 23.9 Å². The zero-order valence-corrected chi connectivity index (χ0v) is 23.3. The van der Waals surface area contributed by atoms with Gasteiger partial charge in [-0.1, -0.05) is 72.8 Å². The molecule has 0 unspecified atom stereocenters. The molecule has 0 spiro atoms. The average molecular weight is 597 g/mol. The van der Waals surface area contributed by atoms with E-state index in [1.807, 2.05) is 0 Å². The first-order valence-corrected chi connectivity index (χ1v) is 13.7. The summed E-state index contributed by atoms with van der Waals surface area (Å²) in [4.78, 5) is 52.3. The summed E-state index contributed by atoms with van der Waals surface area (Å²) in [6.07, 6.45) is -7.89. The molecule has 1 N–H and O–H groups in total. The van der Waals surface area contributed by atoms with E-state index in [2.05, 4.69) is 0 Å². The molecule has 1 saturated heterocycles. The molecule has 0 aromatic heterocycles. The zero-order chi connectivity index (χ0) is 30.9. The molecule has 0 radical (unpaired) electrons. The van der Waals surface area contributed by atoms with Crippen molar-refractivity contribution < 1.29 is 48.0 Å². The molecule has 10 nitrogen and oxygen atoms in total. The van der Waals surface area contributed by atoms with Gasteiger partial charge in [0.15, 0.2) is 24.6 Å². The van der Waals surface area contributed by atoms with Gasteiger partial charge in [0, 0.05) is 0 Å². The van der Waals surface area contributed by atoms with Crippen molar-refractivity contribution in [2.45, 2.75) is 30.7 Å². The summed E-state index contributed by atoms with van der Waals surface area (Å²) in [7, 11) is 0. The number of carbonyl (C=O) groups excluding carboxylic acids is 4. The number of aliphatic hydroxyl groups excluding tert-OH is 1. The molecule has 0 bridgehead atoms. The van der Waals surface area contributed by atoms with Gasteiger partial charge < -0.3 is 28.8 Å². The summed E-state index contributed by atoms with van der Waals surface area (Å²) in [5, 5.41) is 11.1. The molecule has 4 aromatic carbocycles. The number of aliphatic hydroxyl groups is 1. The van der Waals surface area contributed by atoms with E-state index in [1.54, 1.807) is 84.9 Å². The molecule has 5 rings (SSSR count). The molecule has 0 aliphatic carbocycles. The second kappa shape index (κ2) is 14.2. The SMILES string of the molecule is O=C(OC[C@@H]1O[C@H](O)[C@@H](OC(=O)c2ccccc2)[C@H](OC(=O)c2ccccc2)[C@H]1OC(=O)c1ccccc1)c1ccccc1. The maximum Gasteiger partial charge on any atom is 0.338 e. The lowest BCUT2D eigenvalue weighted by molar-refractivity contribution is -0.284. The van der Waals surface area contributed by atoms with Gasteiger partial charge in [-0.15, -0.1) is 0 Å².